The third-order valence-electron chi connectivity index (χ3n) is 3.05. The molecule has 0 aliphatic rings. The van der Waals surface area contributed by atoms with Crippen LogP contribution < -0.4 is 5.32 Å². The van der Waals surface area contributed by atoms with E-state index in [2.05, 4.69) is 53.8 Å². The first kappa shape index (κ1) is 14.2. The first-order valence-electron chi connectivity index (χ1n) is 6.64. The molecule has 17 heavy (non-hydrogen) atoms. The highest BCUT2D eigenvalue weighted by Gasteiger charge is 2.05. The van der Waals surface area contributed by atoms with Gasteiger partial charge in [0, 0.05) is 31.9 Å². The van der Waals surface area contributed by atoms with Gasteiger partial charge in [0.25, 0.3) is 0 Å². The van der Waals surface area contributed by atoms with Crippen molar-refractivity contribution in [3.8, 4) is 0 Å². The monoisotopic (exact) mass is 238 g/mol. The Morgan fingerprint density at radius 3 is 2.65 bits per heavy atom. The van der Waals surface area contributed by atoms with Gasteiger partial charge in [0.1, 0.15) is 0 Å². The van der Waals surface area contributed by atoms with Crippen molar-refractivity contribution in [3.63, 3.8) is 0 Å². The third-order valence-corrected chi connectivity index (χ3v) is 3.05. The SMILES string of the molecule is CCN(CC)CCNCc1ccnn1C(C)C. The third kappa shape index (κ3) is 4.48. The van der Waals surface area contributed by atoms with Crippen LogP contribution in [0.4, 0.5) is 0 Å². The number of hydrogen-bond acceptors (Lipinski definition) is 3. The van der Waals surface area contributed by atoms with E-state index in [0.29, 0.717) is 6.04 Å². The molecule has 0 saturated carbocycles. The van der Waals surface area contributed by atoms with Crippen molar-refractivity contribution in [2.45, 2.75) is 40.3 Å². The molecule has 0 aromatic carbocycles. The molecule has 0 bridgehead atoms. The second kappa shape index (κ2) is 7.45. The zero-order valence-corrected chi connectivity index (χ0v) is 11.6. The van der Waals surface area contributed by atoms with Gasteiger partial charge in [0.15, 0.2) is 0 Å². The van der Waals surface area contributed by atoms with Crippen LogP contribution in [0.2, 0.25) is 0 Å². The summed E-state index contributed by atoms with van der Waals surface area (Å²) in [5, 5.41) is 7.81. The van der Waals surface area contributed by atoms with E-state index in [1.165, 1.54) is 5.69 Å². The van der Waals surface area contributed by atoms with Crippen molar-refractivity contribution in [2.75, 3.05) is 26.2 Å². The van der Waals surface area contributed by atoms with Gasteiger partial charge in [-0.25, -0.2) is 0 Å². The quantitative estimate of drug-likeness (QED) is 0.702. The van der Waals surface area contributed by atoms with Crippen LogP contribution in [0.1, 0.15) is 39.4 Å². The lowest BCUT2D eigenvalue weighted by Crippen LogP contribution is -2.32. The van der Waals surface area contributed by atoms with Gasteiger partial charge >= 0.3 is 0 Å². The molecule has 1 aromatic heterocycles. The zero-order valence-electron chi connectivity index (χ0n) is 11.6. The molecule has 0 amide bonds. The molecule has 0 saturated heterocycles. The lowest BCUT2D eigenvalue weighted by molar-refractivity contribution is 0.301. The van der Waals surface area contributed by atoms with Crippen LogP contribution in [-0.4, -0.2) is 40.9 Å². The molecule has 0 atom stereocenters. The Morgan fingerprint density at radius 2 is 2.06 bits per heavy atom. The number of nitrogens with zero attached hydrogens (tertiary/aromatic N) is 3. The molecule has 98 valence electrons. The Labute approximate surface area is 105 Å². The lowest BCUT2D eigenvalue weighted by atomic mass is 10.3. The minimum Gasteiger partial charge on any atom is -0.310 e. The van der Waals surface area contributed by atoms with Crippen molar-refractivity contribution < 1.29 is 0 Å². The number of rotatable bonds is 8. The second-order valence-corrected chi connectivity index (χ2v) is 4.56. The van der Waals surface area contributed by atoms with Gasteiger partial charge in [-0.2, -0.15) is 5.10 Å². The minimum absolute atomic E-state index is 0.435. The Kier molecular flexibility index (Phi) is 6.22. The number of aromatic nitrogens is 2. The Balaban J connectivity index is 2.28. The molecule has 1 N–H and O–H groups in total. The van der Waals surface area contributed by atoms with Gasteiger partial charge < -0.3 is 10.2 Å². The van der Waals surface area contributed by atoms with E-state index in [1.807, 2.05) is 6.20 Å². The summed E-state index contributed by atoms with van der Waals surface area (Å²) in [4.78, 5) is 2.42. The van der Waals surface area contributed by atoms with Crippen molar-refractivity contribution in [1.82, 2.24) is 20.0 Å². The summed E-state index contributed by atoms with van der Waals surface area (Å²) in [5.41, 5.74) is 1.26. The van der Waals surface area contributed by atoms with Crippen molar-refractivity contribution in [2.24, 2.45) is 0 Å². The fourth-order valence-electron chi connectivity index (χ4n) is 1.94. The molecule has 0 radical (unpaired) electrons. The molecule has 1 rings (SSSR count). The van der Waals surface area contributed by atoms with Gasteiger partial charge in [-0.05, 0) is 33.0 Å². The highest BCUT2D eigenvalue weighted by Crippen LogP contribution is 2.07. The van der Waals surface area contributed by atoms with Gasteiger partial charge in [0.05, 0.1) is 5.69 Å². The predicted molar refractivity (Wildman–Crippen MR) is 72.1 cm³/mol. The van der Waals surface area contributed by atoms with E-state index in [4.69, 9.17) is 0 Å². The van der Waals surface area contributed by atoms with E-state index in [-0.39, 0.29) is 0 Å². The topological polar surface area (TPSA) is 33.1 Å². The van der Waals surface area contributed by atoms with E-state index < -0.39 is 0 Å². The Bertz CT molecular complexity index is 302. The van der Waals surface area contributed by atoms with Crippen LogP contribution in [0.25, 0.3) is 0 Å². The standard InChI is InChI=1S/C13H26N4/c1-5-16(6-2)10-9-14-11-13-7-8-15-17(13)12(3)4/h7-8,12,14H,5-6,9-11H2,1-4H3. The zero-order chi connectivity index (χ0) is 12.7. The second-order valence-electron chi connectivity index (χ2n) is 4.56. The van der Waals surface area contributed by atoms with Crippen LogP contribution in [0, 0.1) is 0 Å². The minimum atomic E-state index is 0.435. The number of nitrogens with one attached hydrogen (secondary N) is 1. The summed E-state index contributed by atoms with van der Waals surface area (Å²) in [6.45, 7) is 14.0. The molecule has 0 fully saturated rings. The Hall–Kier alpha value is -0.870. The molecule has 1 heterocycles. The maximum atomic E-state index is 4.33. The van der Waals surface area contributed by atoms with E-state index in [0.717, 1.165) is 32.7 Å². The van der Waals surface area contributed by atoms with Crippen LogP contribution in [-0.2, 0) is 6.54 Å². The normalized spacial score (nSPS) is 11.6. The highest BCUT2D eigenvalue weighted by molar-refractivity contribution is 5.01. The summed E-state index contributed by atoms with van der Waals surface area (Å²) in [6.07, 6.45) is 1.88. The summed E-state index contributed by atoms with van der Waals surface area (Å²) < 4.78 is 2.07. The number of hydrogen-bond donors (Lipinski definition) is 1. The van der Waals surface area contributed by atoms with Crippen molar-refractivity contribution >= 4 is 0 Å². The average molecular weight is 238 g/mol. The molecule has 0 aliphatic heterocycles. The maximum absolute atomic E-state index is 4.33. The number of likely N-dealkylation sites (N-methyl/N-ethyl adjacent to an activating group) is 1. The smallest absolute Gasteiger partial charge is 0.0525 e. The molecular weight excluding hydrogens is 212 g/mol. The van der Waals surface area contributed by atoms with Gasteiger partial charge in [-0.15, -0.1) is 0 Å². The molecule has 1 aromatic rings. The van der Waals surface area contributed by atoms with Crippen molar-refractivity contribution in [3.05, 3.63) is 18.0 Å². The fourth-order valence-corrected chi connectivity index (χ4v) is 1.94. The van der Waals surface area contributed by atoms with Crippen molar-refractivity contribution in [1.29, 1.82) is 0 Å². The van der Waals surface area contributed by atoms with E-state index >= 15 is 0 Å². The Morgan fingerprint density at radius 1 is 1.35 bits per heavy atom. The van der Waals surface area contributed by atoms with Crippen LogP contribution >= 0.6 is 0 Å². The highest BCUT2D eigenvalue weighted by atomic mass is 15.3. The summed E-state index contributed by atoms with van der Waals surface area (Å²) >= 11 is 0. The summed E-state index contributed by atoms with van der Waals surface area (Å²) in [5.74, 6) is 0. The molecule has 4 heteroatoms. The fraction of sp³-hybridized carbons (Fsp3) is 0.769. The van der Waals surface area contributed by atoms with Crippen LogP contribution in [0.3, 0.4) is 0 Å². The van der Waals surface area contributed by atoms with Gasteiger partial charge in [-0.1, -0.05) is 13.8 Å². The molecule has 0 unspecified atom stereocenters. The first-order valence-corrected chi connectivity index (χ1v) is 6.64. The average Bonchev–Trinajstić information content (AvgIpc) is 2.78. The molecule has 0 aliphatic carbocycles. The maximum Gasteiger partial charge on any atom is 0.0525 e. The van der Waals surface area contributed by atoms with E-state index in [1.54, 1.807) is 0 Å². The molecule has 0 spiro atoms. The van der Waals surface area contributed by atoms with Gasteiger partial charge in [-0.3, -0.25) is 4.68 Å². The largest absolute Gasteiger partial charge is 0.310 e. The summed E-state index contributed by atoms with van der Waals surface area (Å²) in [7, 11) is 0. The lowest BCUT2D eigenvalue weighted by Gasteiger charge is -2.18. The van der Waals surface area contributed by atoms with E-state index in [9.17, 15) is 0 Å². The predicted octanol–water partition coefficient (Wildman–Crippen LogP) is 1.90. The van der Waals surface area contributed by atoms with Crippen LogP contribution in [0.5, 0.6) is 0 Å². The first-order chi connectivity index (χ1) is 8.19. The molecular formula is C13H26N4. The molecule has 4 nitrogen and oxygen atoms in total. The summed E-state index contributed by atoms with van der Waals surface area (Å²) in [6, 6.07) is 2.52. The van der Waals surface area contributed by atoms with Crippen LogP contribution in [0.15, 0.2) is 12.3 Å². The van der Waals surface area contributed by atoms with Gasteiger partial charge in [0.2, 0.25) is 0 Å².